The van der Waals surface area contributed by atoms with Crippen LogP contribution in [-0.2, 0) is 6.42 Å². The Balaban J connectivity index is 0.00000400. The van der Waals surface area contributed by atoms with Gasteiger partial charge in [-0.25, -0.2) is 4.98 Å². The fourth-order valence-electron chi connectivity index (χ4n) is 1.54. The van der Waals surface area contributed by atoms with E-state index < -0.39 is 0 Å². The summed E-state index contributed by atoms with van der Waals surface area (Å²) >= 11 is 3.60. The van der Waals surface area contributed by atoms with Gasteiger partial charge in [-0.2, -0.15) is 11.8 Å². The molecule has 1 rings (SSSR count). The largest absolute Gasteiger partial charge is 0.357 e. The molecule has 1 aromatic rings. The van der Waals surface area contributed by atoms with Crippen molar-refractivity contribution in [1.29, 1.82) is 0 Å². The zero-order chi connectivity index (χ0) is 14.6. The minimum absolute atomic E-state index is 0. The van der Waals surface area contributed by atoms with Crippen LogP contribution in [0.1, 0.15) is 16.8 Å². The summed E-state index contributed by atoms with van der Waals surface area (Å²) in [6.07, 6.45) is 4.79. The molecule has 0 atom stereocenters. The summed E-state index contributed by atoms with van der Waals surface area (Å²) in [5.41, 5.74) is 0. The standard InChI is InChI=1S/C14H24N4S2.HI/c1-4-9-19-10-8-17-14(15-5-2)16-7-6-13-18-11-12(3)20-13;/h4,11H,1,5-10H2,2-3H3,(H2,15,16,17);1H. The van der Waals surface area contributed by atoms with Gasteiger partial charge in [0.25, 0.3) is 0 Å². The molecule has 2 N–H and O–H groups in total. The Labute approximate surface area is 153 Å². The third-order valence-corrected chi connectivity index (χ3v) is 4.30. The van der Waals surface area contributed by atoms with Gasteiger partial charge in [-0.1, -0.05) is 6.08 Å². The van der Waals surface area contributed by atoms with Gasteiger partial charge in [0.2, 0.25) is 0 Å². The maximum Gasteiger partial charge on any atom is 0.191 e. The van der Waals surface area contributed by atoms with Crippen molar-refractivity contribution >= 4 is 53.0 Å². The first-order valence-electron chi connectivity index (χ1n) is 6.88. The molecule has 0 amide bonds. The number of hydrogen-bond acceptors (Lipinski definition) is 4. The van der Waals surface area contributed by atoms with Crippen molar-refractivity contribution in [3.8, 4) is 0 Å². The van der Waals surface area contributed by atoms with Crippen LogP contribution in [0.4, 0.5) is 0 Å². The fourth-order valence-corrected chi connectivity index (χ4v) is 2.88. The Hall–Kier alpha value is -0.280. The molecule has 0 fully saturated rings. The Morgan fingerprint density at radius 1 is 1.52 bits per heavy atom. The number of aromatic nitrogens is 1. The van der Waals surface area contributed by atoms with E-state index in [1.54, 1.807) is 11.3 Å². The molecule has 0 saturated heterocycles. The van der Waals surface area contributed by atoms with Crippen molar-refractivity contribution in [2.75, 3.05) is 31.1 Å². The molecule has 7 heteroatoms. The predicted octanol–water partition coefficient (Wildman–Crippen LogP) is 3.09. The van der Waals surface area contributed by atoms with E-state index in [0.717, 1.165) is 43.5 Å². The second-order valence-electron chi connectivity index (χ2n) is 4.17. The fraction of sp³-hybridized carbons (Fsp3) is 0.571. The van der Waals surface area contributed by atoms with Gasteiger partial charge in [0.05, 0.1) is 11.6 Å². The van der Waals surface area contributed by atoms with Crippen molar-refractivity contribution in [3.05, 3.63) is 28.7 Å². The number of halogens is 1. The number of aryl methyl sites for hydroxylation is 1. The Bertz CT molecular complexity index is 421. The maximum atomic E-state index is 4.54. The summed E-state index contributed by atoms with van der Waals surface area (Å²) in [7, 11) is 0. The Kier molecular flexibility index (Phi) is 13.2. The number of guanidine groups is 1. The highest BCUT2D eigenvalue weighted by Crippen LogP contribution is 2.10. The molecule has 21 heavy (non-hydrogen) atoms. The van der Waals surface area contributed by atoms with Gasteiger partial charge < -0.3 is 10.6 Å². The molecule has 0 radical (unpaired) electrons. The number of nitrogens with zero attached hydrogens (tertiary/aromatic N) is 2. The van der Waals surface area contributed by atoms with E-state index in [0.29, 0.717) is 0 Å². The second kappa shape index (κ2) is 13.4. The van der Waals surface area contributed by atoms with Gasteiger partial charge in [0.15, 0.2) is 5.96 Å². The number of thiazole rings is 1. The summed E-state index contributed by atoms with van der Waals surface area (Å²) in [6, 6.07) is 0. The van der Waals surface area contributed by atoms with Crippen molar-refractivity contribution < 1.29 is 0 Å². The molecular weight excluding hydrogens is 415 g/mol. The van der Waals surface area contributed by atoms with Gasteiger partial charge in [-0.3, -0.25) is 4.99 Å². The van der Waals surface area contributed by atoms with E-state index in [2.05, 4.69) is 41.0 Å². The Morgan fingerprint density at radius 3 is 2.95 bits per heavy atom. The molecule has 0 bridgehead atoms. The van der Waals surface area contributed by atoms with E-state index in [4.69, 9.17) is 0 Å². The summed E-state index contributed by atoms with van der Waals surface area (Å²) < 4.78 is 0. The van der Waals surface area contributed by atoms with Crippen LogP contribution in [0.3, 0.4) is 0 Å². The van der Waals surface area contributed by atoms with Crippen LogP contribution in [0, 0.1) is 6.92 Å². The first kappa shape index (κ1) is 20.7. The summed E-state index contributed by atoms with van der Waals surface area (Å²) in [5.74, 6) is 2.90. The summed E-state index contributed by atoms with van der Waals surface area (Å²) in [4.78, 5) is 10.2. The average Bonchev–Trinajstić information content (AvgIpc) is 2.84. The first-order chi connectivity index (χ1) is 9.76. The molecule has 4 nitrogen and oxygen atoms in total. The van der Waals surface area contributed by atoms with Crippen molar-refractivity contribution in [2.24, 2.45) is 4.99 Å². The van der Waals surface area contributed by atoms with Crippen LogP contribution in [0.15, 0.2) is 23.8 Å². The lowest BCUT2D eigenvalue weighted by Gasteiger charge is -2.10. The first-order valence-corrected chi connectivity index (χ1v) is 8.85. The van der Waals surface area contributed by atoms with Crippen molar-refractivity contribution in [1.82, 2.24) is 15.6 Å². The number of thioether (sulfide) groups is 1. The minimum Gasteiger partial charge on any atom is -0.357 e. The summed E-state index contributed by atoms with van der Waals surface area (Å²) in [5, 5.41) is 7.78. The minimum atomic E-state index is 0. The van der Waals surface area contributed by atoms with Crippen LogP contribution in [0.2, 0.25) is 0 Å². The third-order valence-electron chi connectivity index (χ3n) is 2.39. The lowest BCUT2D eigenvalue weighted by Crippen LogP contribution is -2.38. The van der Waals surface area contributed by atoms with E-state index in [1.165, 1.54) is 9.88 Å². The van der Waals surface area contributed by atoms with Crippen LogP contribution >= 0.6 is 47.1 Å². The average molecular weight is 440 g/mol. The van der Waals surface area contributed by atoms with Gasteiger partial charge >= 0.3 is 0 Å². The van der Waals surface area contributed by atoms with Gasteiger partial charge in [0.1, 0.15) is 0 Å². The normalized spacial score (nSPS) is 10.9. The molecule has 0 spiro atoms. The number of hydrogen-bond donors (Lipinski definition) is 2. The lowest BCUT2D eigenvalue weighted by atomic mass is 10.4. The van der Waals surface area contributed by atoms with E-state index in [-0.39, 0.29) is 24.0 Å². The molecule has 1 heterocycles. The highest BCUT2D eigenvalue weighted by atomic mass is 127. The van der Waals surface area contributed by atoms with Gasteiger partial charge in [-0.15, -0.1) is 41.9 Å². The van der Waals surface area contributed by atoms with Gasteiger partial charge in [-0.05, 0) is 13.8 Å². The smallest absolute Gasteiger partial charge is 0.191 e. The predicted molar refractivity (Wildman–Crippen MR) is 107 cm³/mol. The topological polar surface area (TPSA) is 49.3 Å². The molecule has 0 aliphatic heterocycles. The van der Waals surface area contributed by atoms with Crippen LogP contribution < -0.4 is 10.6 Å². The second-order valence-corrected chi connectivity index (χ2v) is 6.63. The monoisotopic (exact) mass is 440 g/mol. The molecule has 0 aliphatic carbocycles. The molecule has 120 valence electrons. The van der Waals surface area contributed by atoms with Crippen LogP contribution in [0.5, 0.6) is 0 Å². The summed E-state index contributed by atoms with van der Waals surface area (Å²) in [6.45, 7) is 10.4. The van der Waals surface area contributed by atoms with Crippen molar-refractivity contribution in [2.45, 2.75) is 20.3 Å². The zero-order valence-corrected chi connectivity index (χ0v) is 16.7. The third kappa shape index (κ3) is 10.1. The number of rotatable bonds is 9. The zero-order valence-electron chi connectivity index (χ0n) is 12.7. The van der Waals surface area contributed by atoms with E-state index >= 15 is 0 Å². The van der Waals surface area contributed by atoms with Crippen molar-refractivity contribution in [3.63, 3.8) is 0 Å². The molecular formula is C14H25IN4S2. The molecule has 0 saturated carbocycles. The van der Waals surface area contributed by atoms with Gasteiger partial charge in [0, 0.05) is 42.1 Å². The number of aliphatic imine (C=N–C) groups is 1. The van der Waals surface area contributed by atoms with Crippen LogP contribution in [0.25, 0.3) is 0 Å². The Morgan fingerprint density at radius 2 is 2.33 bits per heavy atom. The highest BCUT2D eigenvalue weighted by Gasteiger charge is 2.00. The molecule has 0 aromatic carbocycles. The SMILES string of the molecule is C=CCSCCN=C(NCC)NCCc1ncc(C)s1.I. The quantitative estimate of drug-likeness (QED) is 0.204. The highest BCUT2D eigenvalue weighted by molar-refractivity contribution is 14.0. The van der Waals surface area contributed by atoms with E-state index in [9.17, 15) is 0 Å². The lowest BCUT2D eigenvalue weighted by molar-refractivity contribution is 0.800. The maximum absolute atomic E-state index is 4.54. The molecule has 1 aromatic heterocycles. The van der Waals surface area contributed by atoms with E-state index in [1.807, 2.05) is 24.0 Å². The molecule has 0 unspecified atom stereocenters. The molecule has 0 aliphatic rings. The number of nitrogens with one attached hydrogen (secondary N) is 2. The van der Waals surface area contributed by atoms with Crippen LogP contribution in [-0.4, -0.2) is 42.1 Å².